The fraction of sp³-hybridized carbons (Fsp3) is 0.100. The number of carbonyl (C=O) groups excluding carboxylic acids is 1. The van der Waals surface area contributed by atoms with Gasteiger partial charge in [-0.05, 0) is 35.7 Å². The van der Waals surface area contributed by atoms with Gasteiger partial charge in [0.15, 0.2) is 0 Å². The minimum atomic E-state index is -4.77. The zero-order chi connectivity index (χ0) is 23.3. The molecule has 0 fully saturated rings. The summed E-state index contributed by atoms with van der Waals surface area (Å²) in [4.78, 5) is 17.0. The number of pyridine rings is 1. The molecule has 0 aliphatic heterocycles. The lowest BCUT2D eigenvalue weighted by molar-refractivity contribution is -0.138. The topological polar surface area (TPSA) is 68.0 Å². The summed E-state index contributed by atoms with van der Waals surface area (Å²) >= 11 is 1.84. The summed E-state index contributed by atoms with van der Waals surface area (Å²) in [6.07, 6.45) is -9.39. The van der Waals surface area contributed by atoms with Gasteiger partial charge in [-0.3, -0.25) is 4.79 Å². The number of alkyl halides is 6. The molecule has 0 aliphatic carbocycles. The third kappa shape index (κ3) is 4.15. The van der Waals surface area contributed by atoms with Crippen molar-refractivity contribution in [3.63, 3.8) is 0 Å². The highest BCUT2D eigenvalue weighted by Gasteiger charge is 2.36. The molecule has 0 unspecified atom stereocenters. The van der Waals surface area contributed by atoms with Crippen molar-refractivity contribution in [3.8, 4) is 10.6 Å². The van der Waals surface area contributed by atoms with E-state index in [1.807, 2.05) is 0 Å². The third-order valence-electron chi connectivity index (χ3n) is 4.43. The maximum Gasteiger partial charge on any atom is 0.417 e. The van der Waals surface area contributed by atoms with Gasteiger partial charge >= 0.3 is 12.4 Å². The van der Waals surface area contributed by atoms with Crippen molar-refractivity contribution in [2.45, 2.75) is 12.4 Å². The first-order valence-corrected chi connectivity index (χ1v) is 10.5. The molecular weight excluding hydrogens is 476 g/mol. The second-order valence-corrected chi connectivity index (χ2v) is 8.53. The number of anilines is 2. The molecule has 0 atom stereocenters. The minimum Gasteiger partial charge on any atom is -0.397 e. The van der Waals surface area contributed by atoms with Crippen molar-refractivity contribution in [3.05, 3.63) is 63.8 Å². The van der Waals surface area contributed by atoms with E-state index in [0.29, 0.717) is 16.2 Å². The number of hydrogen-bond donors (Lipinski definition) is 2. The molecule has 0 spiro atoms. The van der Waals surface area contributed by atoms with Gasteiger partial charge in [0.1, 0.15) is 9.71 Å². The summed E-state index contributed by atoms with van der Waals surface area (Å²) in [5, 5.41) is 3.52. The second kappa shape index (κ2) is 7.78. The lowest BCUT2D eigenvalue weighted by Crippen LogP contribution is -2.13. The van der Waals surface area contributed by atoms with E-state index in [9.17, 15) is 31.1 Å². The summed E-state index contributed by atoms with van der Waals surface area (Å²) in [5.41, 5.74) is 3.32. The number of hydrogen-bond acceptors (Lipinski definition) is 5. The number of nitrogens with one attached hydrogen (secondary N) is 1. The molecule has 4 aromatic rings. The zero-order valence-electron chi connectivity index (χ0n) is 15.6. The Hall–Kier alpha value is -3.12. The van der Waals surface area contributed by atoms with Crippen molar-refractivity contribution < 1.29 is 31.1 Å². The van der Waals surface area contributed by atoms with Crippen LogP contribution in [-0.2, 0) is 12.4 Å². The highest BCUT2D eigenvalue weighted by Crippen LogP contribution is 2.44. The first kappa shape index (κ1) is 22.1. The van der Waals surface area contributed by atoms with Crippen LogP contribution in [0.5, 0.6) is 0 Å². The minimum absolute atomic E-state index is 0.0749. The highest BCUT2D eigenvalue weighted by atomic mass is 32.1. The van der Waals surface area contributed by atoms with Gasteiger partial charge in [-0.2, -0.15) is 26.3 Å². The van der Waals surface area contributed by atoms with E-state index in [2.05, 4.69) is 10.3 Å². The van der Waals surface area contributed by atoms with E-state index in [1.165, 1.54) is 17.4 Å². The Morgan fingerprint density at radius 2 is 1.75 bits per heavy atom. The molecule has 1 amide bonds. The fourth-order valence-electron chi connectivity index (χ4n) is 3.02. The van der Waals surface area contributed by atoms with Crippen LogP contribution in [-0.4, -0.2) is 10.9 Å². The maximum atomic E-state index is 13.8. The molecule has 3 heterocycles. The van der Waals surface area contributed by atoms with E-state index < -0.39 is 40.5 Å². The number of fused-ring (bicyclic) bond motifs is 1. The van der Waals surface area contributed by atoms with E-state index in [4.69, 9.17) is 5.73 Å². The Morgan fingerprint density at radius 3 is 2.38 bits per heavy atom. The Kier molecular flexibility index (Phi) is 5.37. The van der Waals surface area contributed by atoms with E-state index in [0.717, 1.165) is 24.3 Å². The highest BCUT2D eigenvalue weighted by molar-refractivity contribution is 7.21. The number of aromatic nitrogens is 1. The van der Waals surface area contributed by atoms with E-state index >= 15 is 0 Å². The third-order valence-corrected chi connectivity index (χ3v) is 6.42. The summed E-state index contributed by atoms with van der Waals surface area (Å²) in [6, 6.07) is 8.01. The normalized spacial score (nSPS) is 12.3. The second-order valence-electron chi connectivity index (χ2n) is 6.59. The fourth-order valence-corrected chi connectivity index (χ4v) is 4.73. The number of nitrogen functional groups attached to an aromatic ring is 1. The van der Waals surface area contributed by atoms with Crippen molar-refractivity contribution in [1.29, 1.82) is 0 Å². The van der Waals surface area contributed by atoms with Crippen LogP contribution in [0.4, 0.5) is 37.7 Å². The standard InChI is InChI=1S/C20H11F6N3OS2/c21-19(22,23)9-3-1-4-10(7-9)28-17(30)16-15(27)14-11(20(24,25)26)8-12(29-18(14)32-16)13-5-2-6-31-13/h1-8H,27H2,(H,28,30). The molecule has 0 radical (unpaired) electrons. The van der Waals surface area contributed by atoms with Crippen LogP contribution >= 0.6 is 22.7 Å². The smallest absolute Gasteiger partial charge is 0.397 e. The molecule has 4 rings (SSSR count). The molecule has 0 saturated heterocycles. The van der Waals surface area contributed by atoms with Gasteiger partial charge in [0.05, 0.1) is 27.4 Å². The van der Waals surface area contributed by atoms with E-state index in [1.54, 1.807) is 17.5 Å². The molecule has 4 nitrogen and oxygen atoms in total. The largest absolute Gasteiger partial charge is 0.417 e. The number of amides is 1. The van der Waals surface area contributed by atoms with Crippen LogP contribution in [0.25, 0.3) is 20.8 Å². The van der Waals surface area contributed by atoms with E-state index in [-0.39, 0.29) is 21.1 Å². The van der Waals surface area contributed by atoms with Gasteiger partial charge in [-0.15, -0.1) is 22.7 Å². The van der Waals surface area contributed by atoms with Crippen LogP contribution in [0.2, 0.25) is 0 Å². The van der Waals surface area contributed by atoms with Gasteiger partial charge in [-0.1, -0.05) is 12.1 Å². The molecule has 3 N–H and O–H groups in total. The molecule has 0 saturated carbocycles. The molecule has 1 aromatic carbocycles. The molecule has 0 aliphatic rings. The predicted molar refractivity (Wildman–Crippen MR) is 112 cm³/mol. The SMILES string of the molecule is Nc1c(C(=O)Nc2cccc(C(F)(F)F)c2)sc2nc(-c3cccs3)cc(C(F)(F)F)c12. The van der Waals surface area contributed by atoms with Crippen LogP contribution in [0.3, 0.4) is 0 Å². The summed E-state index contributed by atoms with van der Waals surface area (Å²) in [5.74, 6) is -0.935. The summed E-state index contributed by atoms with van der Waals surface area (Å²) in [7, 11) is 0. The van der Waals surface area contributed by atoms with Crippen molar-refractivity contribution in [1.82, 2.24) is 4.98 Å². The molecule has 0 bridgehead atoms. The van der Waals surface area contributed by atoms with Crippen molar-refractivity contribution in [2.75, 3.05) is 11.1 Å². The van der Waals surface area contributed by atoms with Crippen LogP contribution in [0.15, 0.2) is 47.8 Å². The number of rotatable bonds is 3. The van der Waals surface area contributed by atoms with Gasteiger partial charge in [0.25, 0.3) is 5.91 Å². The van der Waals surface area contributed by atoms with Crippen LogP contribution < -0.4 is 11.1 Å². The predicted octanol–water partition coefficient (Wildman–Crippen LogP) is 6.90. The summed E-state index contributed by atoms with van der Waals surface area (Å²) < 4.78 is 79.9. The van der Waals surface area contributed by atoms with Crippen molar-refractivity contribution >= 4 is 50.2 Å². The van der Waals surface area contributed by atoms with Crippen LogP contribution in [0.1, 0.15) is 20.8 Å². The Labute approximate surface area is 184 Å². The number of thiophene rings is 2. The average molecular weight is 487 g/mol. The molecular formula is C20H11F6N3OS2. The Bertz CT molecular complexity index is 1310. The Balaban J connectivity index is 1.79. The number of carbonyl (C=O) groups is 1. The molecule has 12 heteroatoms. The monoisotopic (exact) mass is 487 g/mol. The average Bonchev–Trinajstić information content (AvgIpc) is 3.35. The zero-order valence-corrected chi connectivity index (χ0v) is 17.3. The number of benzene rings is 1. The first-order chi connectivity index (χ1) is 14.9. The number of nitrogens with zero attached hydrogens (tertiary/aromatic N) is 1. The molecule has 166 valence electrons. The lowest BCUT2D eigenvalue weighted by Gasteiger charge is -2.11. The molecule has 3 aromatic heterocycles. The van der Waals surface area contributed by atoms with Crippen molar-refractivity contribution in [2.24, 2.45) is 0 Å². The van der Waals surface area contributed by atoms with Crippen LogP contribution in [0, 0.1) is 0 Å². The maximum absolute atomic E-state index is 13.8. The molecule has 32 heavy (non-hydrogen) atoms. The Morgan fingerprint density at radius 1 is 1.00 bits per heavy atom. The summed E-state index contributed by atoms with van der Waals surface area (Å²) in [6.45, 7) is 0. The first-order valence-electron chi connectivity index (χ1n) is 8.78. The van der Waals surface area contributed by atoms with Gasteiger partial charge in [0.2, 0.25) is 0 Å². The quantitative estimate of drug-likeness (QED) is 0.309. The number of halogens is 6. The number of nitrogens with two attached hydrogens (primary N) is 1. The van der Waals surface area contributed by atoms with Gasteiger partial charge in [0, 0.05) is 11.1 Å². The lowest BCUT2D eigenvalue weighted by atomic mass is 10.1. The van der Waals surface area contributed by atoms with Gasteiger partial charge < -0.3 is 11.1 Å². The van der Waals surface area contributed by atoms with Gasteiger partial charge in [-0.25, -0.2) is 4.98 Å².